The van der Waals surface area contributed by atoms with Gasteiger partial charge in [0.25, 0.3) is 0 Å². The number of rotatable bonds is 2. The number of carbonyl (C=O) groups is 1. The average Bonchev–Trinajstić information content (AvgIpc) is 2.69. The van der Waals surface area contributed by atoms with Crippen molar-refractivity contribution >= 4 is 17.5 Å². The predicted molar refractivity (Wildman–Crippen MR) is 77.3 cm³/mol. The molecule has 1 aromatic rings. The second-order valence-electron chi connectivity index (χ2n) is 4.50. The zero-order valence-electron chi connectivity index (χ0n) is 11.5. The van der Waals surface area contributed by atoms with E-state index in [1.807, 2.05) is 0 Å². The van der Waals surface area contributed by atoms with Gasteiger partial charge in [0.15, 0.2) is 0 Å². The number of carbonyl (C=O) groups excluding carboxylic acids is 1. The molecule has 1 unspecified atom stereocenters. The quantitative estimate of drug-likeness (QED) is 0.876. The fraction of sp³-hybridized carbons (Fsp3) is 0.500. The third kappa shape index (κ3) is 7.43. The molecule has 0 bridgehead atoms. The fourth-order valence-electron chi connectivity index (χ4n) is 1.62. The van der Waals surface area contributed by atoms with E-state index in [1.165, 1.54) is 19.1 Å². The first-order valence-electron chi connectivity index (χ1n) is 6.52. The maximum atomic E-state index is 12.2. The Kier molecular flexibility index (Phi) is 8.18. The second kappa shape index (κ2) is 9.69. The third-order valence-corrected chi connectivity index (χ3v) is 2.98. The lowest BCUT2D eigenvalue weighted by atomic mass is 10.1. The molecule has 0 radical (unpaired) electrons. The van der Waals surface area contributed by atoms with Gasteiger partial charge in [0.1, 0.15) is 5.82 Å². The number of hydrogen-bond donors (Lipinski definition) is 2. The van der Waals surface area contributed by atoms with E-state index in [9.17, 15) is 9.18 Å². The summed E-state index contributed by atoms with van der Waals surface area (Å²) in [7, 11) is 0. The number of halogens is 2. The normalized spacial score (nSPS) is 18.4. The summed E-state index contributed by atoms with van der Waals surface area (Å²) in [6.07, 6.45) is 0. The Balaban J connectivity index is 0.000000217. The summed E-state index contributed by atoms with van der Waals surface area (Å²) in [5.74, 6) is 0.0739. The van der Waals surface area contributed by atoms with Gasteiger partial charge in [0.2, 0.25) is 5.91 Å². The molecular weight excluding hydrogens is 283 g/mol. The first-order chi connectivity index (χ1) is 9.59. The Bertz CT molecular complexity index is 389. The number of hydrogen-bond acceptors (Lipinski definition) is 3. The van der Waals surface area contributed by atoms with Gasteiger partial charge < -0.3 is 15.4 Å². The Hall–Kier alpha value is -1.17. The van der Waals surface area contributed by atoms with Crippen LogP contribution < -0.4 is 10.6 Å². The summed E-state index contributed by atoms with van der Waals surface area (Å²) in [5.41, 5.74) is 0. The van der Waals surface area contributed by atoms with Crippen molar-refractivity contribution < 1.29 is 13.9 Å². The van der Waals surface area contributed by atoms with Crippen LogP contribution in [0.4, 0.5) is 4.39 Å². The molecule has 112 valence electrons. The number of amides is 1. The van der Waals surface area contributed by atoms with Crippen molar-refractivity contribution in [1.82, 2.24) is 10.6 Å². The molecule has 0 spiro atoms. The van der Waals surface area contributed by atoms with Crippen LogP contribution in [0.5, 0.6) is 0 Å². The fourth-order valence-corrected chi connectivity index (χ4v) is 1.75. The highest BCUT2D eigenvalue weighted by Gasteiger charge is 2.11. The molecule has 1 fully saturated rings. The van der Waals surface area contributed by atoms with E-state index in [4.69, 9.17) is 16.3 Å². The zero-order valence-corrected chi connectivity index (χ0v) is 12.3. The molecule has 1 aliphatic heterocycles. The Morgan fingerprint density at radius 1 is 1.55 bits per heavy atom. The SMILES string of the molecule is CC(=O)NCC1CNCCOC1.Fc1ccccc1Cl. The number of benzene rings is 1. The van der Waals surface area contributed by atoms with Crippen molar-refractivity contribution in [3.05, 3.63) is 35.1 Å². The highest BCUT2D eigenvalue weighted by molar-refractivity contribution is 6.30. The molecule has 2 N–H and O–H groups in total. The highest BCUT2D eigenvalue weighted by atomic mass is 35.5. The lowest BCUT2D eigenvalue weighted by molar-refractivity contribution is -0.119. The first-order valence-corrected chi connectivity index (χ1v) is 6.90. The van der Waals surface area contributed by atoms with Gasteiger partial charge in [-0.3, -0.25) is 4.79 Å². The summed E-state index contributed by atoms with van der Waals surface area (Å²) >= 11 is 5.33. The first kappa shape index (κ1) is 16.9. The van der Waals surface area contributed by atoms with Crippen LogP contribution in [-0.4, -0.2) is 38.8 Å². The van der Waals surface area contributed by atoms with E-state index >= 15 is 0 Å². The van der Waals surface area contributed by atoms with Gasteiger partial charge in [-0.05, 0) is 12.1 Å². The average molecular weight is 303 g/mol. The van der Waals surface area contributed by atoms with Crippen molar-refractivity contribution in [3.8, 4) is 0 Å². The smallest absolute Gasteiger partial charge is 0.216 e. The Morgan fingerprint density at radius 2 is 2.30 bits per heavy atom. The number of ether oxygens (including phenoxy) is 1. The number of nitrogens with one attached hydrogen (secondary N) is 2. The molecule has 0 aromatic heterocycles. The Morgan fingerprint density at radius 3 is 2.90 bits per heavy atom. The maximum Gasteiger partial charge on any atom is 0.216 e. The minimum absolute atomic E-state index is 0.0271. The van der Waals surface area contributed by atoms with Crippen LogP contribution in [0.15, 0.2) is 24.3 Å². The molecule has 4 nitrogen and oxygen atoms in total. The van der Waals surface area contributed by atoms with Gasteiger partial charge in [-0.1, -0.05) is 23.7 Å². The molecule has 1 saturated heterocycles. The van der Waals surface area contributed by atoms with Gasteiger partial charge in [-0.25, -0.2) is 4.39 Å². The van der Waals surface area contributed by atoms with E-state index in [0.717, 1.165) is 26.3 Å². The largest absolute Gasteiger partial charge is 0.380 e. The monoisotopic (exact) mass is 302 g/mol. The standard InChI is InChI=1S/C8H16N2O2.C6H4ClF/c1-7(11)10-5-8-4-9-2-3-12-6-8;7-5-3-1-2-4-6(5)8/h8-9H,2-6H2,1H3,(H,10,11);1-4H. The molecule has 1 atom stereocenters. The molecule has 1 amide bonds. The third-order valence-electron chi connectivity index (χ3n) is 2.67. The lowest BCUT2D eigenvalue weighted by Crippen LogP contribution is -2.33. The molecule has 20 heavy (non-hydrogen) atoms. The molecule has 2 rings (SSSR count). The molecule has 0 saturated carbocycles. The zero-order chi connectivity index (χ0) is 14.8. The van der Waals surface area contributed by atoms with Crippen molar-refractivity contribution in [2.24, 2.45) is 5.92 Å². The molecule has 1 aliphatic rings. The van der Waals surface area contributed by atoms with E-state index in [2.05, 4.69) is 10.6 Å². The minimum Gasteiger partial charge on any atom is -0.380 e. The van der Waals surface area contributed by atoms with Crippen molar-refractivity contribution in [3.63, 3.8) is 0 Å². The van der Waals surface area contributed by atoms with Crippen LogP contribution >= 0.6 is 11.6 Å². The summed E-state index contributed by atoms with van der Waals surface area (Å²) in [6, 6.07) is 6.12. The van der Waals surface area contributed by atoms with E-state index in [1.54, 1.807) is 12.1 Å². The van der Waals surface area contributed by atoms with Gasteiger partial charge in [0.05, 0.1) is 18.2 Å². The highest BCUT2D eigenvalue weighted by Crippen LogP contribution is 2.11. The van der Waals surface area contributed by atoms with E-state index in [-0.39, 0.29) is 16.7 Å². The molecule has 1 heterocycles. The summed E-state index contributed by atoms with van der Waals surface area (Å²) in [4.78, 5) is 10.6. The molecular formula is C14H20ClFN2O2. The van der Waals surface area contributed by atoms with Crippen LogP contribution in [-0.2, 0) is 9.53 Å². The summed E-state index contributed by atoms with van der Waals surface area (Å²) < 4.78 is 17.5. The molecule has 0 aliphatic carbocycles. The molecule has 1 aromatic carbocycles. The summed E-state index contributed by atoms with van der Waals surface area (Å²) in [6.45, 7) is 5.61. The summed E-state index contributed by atoms with van der Waals surface area (Å²) in [5, 5.41) is 6.20. The van der Waals surface area contributed by atoms with Crippen LogP contribution in [0.3, 0.4) is 0 Å². The molecule has 6 heteroatoms. The lowest BCUT2D eigenvalue weighted by Gasteiger charge is -2.13. The van der Waals surface area contributed by atoms with Crippen LogP contribution in [0.2, 0.25) is 5.02 Å². The van der Waals surface area contributed by atoms with Crippen LogP contribution in [0.1, 0.15) is 6.92 Å². The van der Waals surface area contributed by atoms with Gasteiger partial charge in [0, 0.05) is 32.5 Å². The van der Waals surface area contributed by atoms with Crippen LogP contribution in [0, 0.1) is 11.7 Å². The van der Waals surface area contributed by atoms with Gasteiger partial charge in [-0.2, -0.15) is 0 Å². The van der Waals surface area contributed by atoms with Crippen LogP contribution in [0.25, 0.3) is 0 Å². The van der Waals surface area contributed by atoms with E-state index < -0.39 is 0 Å². The topological polar surface area (TPSA) is 50.4 Å². The van der Waals surface area contributed by atoms with Gasteiger partial charge >= 0.3 is 0 Å². The predicted octanol–water partition coefficient (Wildman–Crippen LogP) is 1.84. The second-order valence-corrected chi connectivity index (χ2v) is 4.90. The van der Waals surface area contributed by atoms with Crippen molar-refractivity contribution in [2.45, 2.75) is 6.92 Å². The van der Waals surface area contributed by atoms with E-state index in [0.29, 0.717) is 12.5 Å². The maximum absolute atomic E-state index is 12.2. The minimum atomic E-state index is -0.367. The van der Waals surface area contributed by atoms with Crippen molar-refractivity contribution in [1.29, 1.82) is 0 Å². The Labute approximate surface area is 123 Å². The van der Waals surface area contributed by atoms with Crippen molar-refractivity contribution in [2.75, 3.05) is 32.8 Å². The van der Waals surface area contributed by atoms with Gasteiger partial charge in [-0.15, -0.1) is 0 Å².